The smallest absolute Gasteiger partial charge is 0.326 e. The monoisotopic (exact) mass is 334 g/mol. The van der Waals surface area contributed by atoms with E-state index in [0.29, 0.717) is 19.6 Å². The molecule has 6 heteroatoms. The van der Waals surface area contributed by atoms with E-state index in [0.717, 1.165) is 13.1 Å². The van der Waals surface area contributed by atoms with Crippen LogP contribution in [0, 0.1) is 5.92 Å². The molecule has 0 saturated carbocycles. The lowest BCUT2D eigenvalue weighted by Crippen LogP contribution is -2.53. The van der Waals surface area contributed by atoms with E-state index in [1.54, 1.807) is 0 Å². The second kappa shape index (κ2) is 8.80. The van der Waals surface area contributed by atoms with Gasteiger partial charge in [-0.1, -0.05) is 44.2 Å². The summed E-state index contributed by atoms with van der Waals surface area (Å²) in [4.78, 5) is 25.8. The molecule has 0 bridgehead atoms. The minimum absolute atomic E-state index is 0.188. The van der Waals surface area contributed by atoms with E-state index >= 15 is 0 Å². The Balaban J connectivity index is 1.90. The minimum atomic E-state index is -1.01. The van der Waals surface area contributed by atoms with Crippen molar-refractivity contribution in [2.75, 3.05) is 19.7 Å². The maximum atomic E-state index is 12.4. The van der Waals surface area contributed by atoms with E-state index in [4.69, 9.17) is 4.74 Å². The van der Waals surface area contributed by atoms with Gasteiger partial charge >= 0.3 is 5.97 Å². The molecule has 1 amide bonds. The van der Waals surface area contributed by atoms with Crippen molar-refractivity contribution < 1.29 is 19.4 Å². The molecule has 2 N–H and O–H groups in total. The number of rotatable bonds is 7. The lowest BCUT2D eigenvalue weighted by molar-refractivity contribution is -0.147. The molecule has 1 aromatic rings. The van der Waals surface area contributed by atoms with Crippen LogP contribution in [0.5, 0.6) is 0 Å². The van der Waals surface area contributed by atoms with Crippen LogP contribution in [0.1, 0.15) is 25.8 Å². The Labute approximate surface area is 142 Å². The summed E-state index contributed by atoms with van der Waals surface area (Å²) in [5.41, 5.74) is 1.18. The van der Waals surface area contributed by atoms with Crippen LogP contribution in [-0.4, -0.2) is 53.7 Å². The molecular formula is C18H26N2O4. The van der Waals surface area contributed by atoms with Gasteiger partial charge in [0.15, 0.2) is 0 Å². The third-order valence-electron chi connectivity index (χ3n) is 4.01. The predicted octanol–water partition coefficient (Wildman–Crippen LogP) is 1.50. The summed E-state index contributed by atoms with van der Waals surface area (Å²) >= 11 is 0. The Kier molecular flexibility index (Phi) is 6.75. The normalized spacial score (nSPS) is 19.9. The van der Waals surface area contributed by atoms with Gasteiger partial charge in [-0.15, -0.1) is 0 Å². The molecule has 0 aromatic heterocycles. The summed E-state index contributed by atoms with van der Waals surface area (Å²) in [6.45, 7) is 6.30. The van der Waals surface area contributed by atoms with Crippen LogP contribution in [0.15, 0.2) is 30.3 Å². The first-order valence-electron chi connectivity index (χ1n) is 8.36. The zero-order valence-electron chi connectivity index (χ0n) is 14.3. The van der Waals surface area contributed by atoms with E-state index in [1.165, 1.54) is 5.56 Å². The number of nitrogens with zero attached hydrogens (tertiary/aromatic N) is 1. The molecule has 0 spiro atoms. The summed E-state index contributed by atoms with van der Waals surface area (Å²) in [6, 6.07) is 9.18. The van der Waals surface area contributed by atoms with Crippen molar-refractivity contribution >= 4 is 11.9 Å². The second-order valence-electron chi connectivity index (χ2n) is 6.61. The number of benzene rings is 1. The lowest BCUT2D eigenvalue weighted by Gasteiger charge is -2.32. The van der Waals surface area contributed by atoms with Crippen LogP contribution >= 0.6 is 0 Å². The number of carbonyl (C=O) groups excluding carboxylic acids is 1. The fraction of sp³-hybridized carbons (Fsp3) is 0.556. The maximum Gasteiger partial charge on any atom is 0.326 e. The fourth-order valence-electron chi connectivity index (χ4n) is 2.80. The van der Waals surface area contributed by atoms with Crippen molar-refractivity contribution in [1.29, 1.82) is 0 Å². The number of morpholine rings is 1. The van der Waals surface area contributed by atoms with Crippen molar-refractivity contribution in [3.8, 4) is 0 Å². The molecule has 2 rings (SSSR count). The average molecular weight is 334 g/mol. The lowest BCUT2D eigenvalue weighted by atomic mass is 10.0. The van der Waals surface area contributed by atoms with E-state index < -0.39 is 18.1 Å². The highest BCUT2D eigenvalue weighted by molar-refractivity contribution is 5.86. The van der Waals surface area contributed by atoms with Crippen LogP contribution < -0.4 is 5.32 Å². The largest absolute Gasteiger partial charge is 0.480 e. The number of carboxylic acid groups (broad SMARTS) is 1. The minimum Gasteiger partial charge on any atom is -0.480 e. The average Bonchev–Trinajstić information content (AvgIpc) is 2.55. The van der Waals surface area contributed by atoms with E-state index in [-0.39, 0.29) is 11.8 Å². The standard InChI is InChI=1S/C18H26N2O4/c1-13(2)10-15(18(22)23)19-17(21)16-12-20(8-9-24-16)11-14-6-4-3-5-7-14/h3-7,13,15-16H,8-12H2,1-2H3,(H,19,21)(H,22,23)/t15-,16?/m0/s1. The first kappa shape index (κ1) is 18.4. The van der Waals surface area contributed by atoms with E-state index in [1.807, 2.05) is 44.2 Å². The van der Waals surface area contributed by atoms with Crippen molar-refractivity contribution in [3.63, 3.8) is 0 Å². The Hall–Kier alpha value is -1.92. The Morgan fingerprint density at radius 1 is 1.33 bits per heavy atom. The topological polar surface area (TPSA) is 78.9 Å². The quantitative estimate of drug-likeness (QED) is 0.790. The molecule has 2 atom stereocenters. The van der Waals surface area contributed by atoms with E-state index in [9.17, 15) is 14.7 Å². The van der Waals surface area contributed by atoms with Gasteiger partial charge in [0, 0.05) is 19.6 Å². The number of carboxylic acids is 1. The summed E-state index contributed by atoms with van der Waals surface area (Å²) in [6.07, 6.45) is -0.224. The number of ether oxygens (including phenoxy) is 1. The van der Waals surface area contributed by atoms with Gasteiger partial charge in [-0.25, -0.2) is 4.79 Å². The highest BCUT2D eigenvalue weighted by Crippen LogP contribution is 2.12. The number of amides is 1. The van der Waals surface area contributed by atoms with Crippen molar-refractivity contribution in [2.24, 2.45) is 5.92 Å². The third-order valence-corrected chi connectivity index (χ3v) is 4.01. The fourth-order valence-corrected chi connectivity index (χ4v) is 2.80. The van der Waals surface area contributed by atoms with Crippen LogP contribution in [0.3, 0.4) is 0 Å². The molecule has 1 unspecified atom stereocenters. The summed E-state index contributed by atoms with van der Waals surface area (Å²) in [7, 11) is 0. The molecule has 1 heterocycles. The molecule has 132 valence electrons. The van der Waals surface area contributed by atoms with Crippen molar-refractivity contribution in [2.45, 2.75) is 39.0 Å². The van der Waals surface area contributed by atoms with Crippen LogP contribution in [0.25, 0.3) is 0 Å². The zero-order valence-corrected chi connectivity index (χ0v) is 14.3. The van der Waals surface area contributed by atoms with Gasteiger partial charge in [-0.05, 0) is 17.9 Å². The highest BCUT2D eigenvalue weighted by Gasteiger charge is 2.30. The van der Waals surface area contributed by atoms with Gasteiger partial charge in [0.05, 0.1) is 6.61 Å². The number of hydrogen-bond acceptors (Lipinski definition) is 4. The van der Waals surface area contributed by atoms with E-state index in [2.05, 4.69) is 10.2 Å². The molecule has 6 nitrogen and oxygen atoms in total. The molecular weight excluding hydrogens is 308 g/mol. The molecule has 1 aromatic carbocycles. The second-order valence-corrected chi connectivity index (χ2v) is 6.61. The molecule has 1 aliphatic rings. The van der Waals surface area contributed by atoms with Crippen LogP contribution in [-0.2, 0) is 20.9 Å². The van der Waals surface area contributed by atoms with Crippen molar-refractivity contribution in [1.82, 2.24) is 10.2 Å². The van der Waals surface area contributed by atoms with Gasteiger partial charge in [0.25, 0.3) is 5.91 Å². The summed E-state index contributed by atoms with van der Waals surface area (Å²) in [5, 5.41) is 11.9. The molecule has 0 radical (unpaired) electrons. The third kappa shape index (κ3) is 5.62. The molecule has 1 fully saturated rings. The van der Waals surface area contributed by atoms with Crippen LogP contribution in [0.2, 0.25) is 0 Å². The first-order chi connectivity index (χ1) is 11.5. The van der Waals surface area contributed by atoms with Gasteiger partial charge in [0.1, 0.15) is 12.1 Å². The zero-order chi connectivity index (χ0) is 17.5. The Morgan fingerprint density at radius 3 is 2.67 bits per heavy atom. The predicted molar refractivity (Wildman–Crippen MR) is 90.5 cm³/mol. The van der Waals surface area contributed by atoms with Gasteiger partial charge in [-0.3, -0.25) is 9.69 Å². The molecule has 0 aliphatic carbocycles. The number of carbonyl (C=O) groups is 2. The maximum absolute atomic E-state index is 12.4. The van der Waals surface area contributed by atoms with Gasteiger partial charge in [0.2, 0.25) is 0 Å². The summed E-state index contributed by atoms with van der Waals surface area (Å²) in [5.74, 6) is -1.16. The number of aliphatic carboxylic acids is 1. The Morgan fingerprint density at radius 2 is 2.04 bits per heavy atom. The molecule has 1 aliphatic heterocycles. The Bertz CT molecular complexity index is 547. The van der Waals surface area contributed by atoms with Gasteiger partial charge in [-0.2, -0.15) is 0 Å². The highest BCUT2D eigenvalue weighted by atomic mass is 16.5. The first-order valence-corrected chi connectivity index (χ1v) is 8.36. The number of nitrogens with one attached hydrogen (secondary N) is 1. The SMILES string of the molecule is CC(C)C[C@H](NC(=O)C1CN(Cc2ccccc2)CCO1)C(=O)O. The van der Waals surface area contributed by atoms with Gasteiger partial charge < -0.3 is 15.2 Å². The van der Waals surface area contributed by atoms with Crippen LogP contribution in [0.4, 0.5) is 0 Å². The van der Waals surface area contributed by atoms with Crippen molar-refractivity contribution in [3.05, 3.63) is 35.9 Å². The molecule has 24 heavy (non-hydrogen) atoms. The number of hydrogen-bond donors (Lipinski definition) is 2. The summed E-state index contributed by atoms with van der Waals surface area (Å²) < 4.78 is 5.55. The molecule has 1 saturated heterocycles.